The Morgan fingerprint density at radius 2 is 2.30 bits per heavy atom. The number of rotatable bonds is 5. The fourth-order valence-corrected chi connectivity index (χ4v) is 3.61. The molecule has 1 aromatic carbocycles. The first kappa shape index (κ1) is 15.1. The van der Waals surface area contributed by atoms with Crippen LogP contribution < -0.4 is 14.8 Å². The summed E-state index contributed by atoms with van der Waals surface area (Å²) in [7, 11) is -3.50. The summed E-state index contributed by atoms with van der Waals surface area (Å²) in [5, 5.41) is 2.57. The minimum absolute atomic E-state index is 0.120. The first-order valence-electron chi connectivity index (χ1n) is 6.67. The van der Waals surface area contributed by atoms with Crippen molar-refractivity contribution in [1.82, 2.24) is 5.32 Å². The van der Waals surface area contributed by atoms with Crippen molar-refractivity contribution >= 4 is 15.7 Å². The number of anilines is 1. The highest BCUT2D eigenvalue weighted by atomic mass is 32.2. The lowest BCUT2D eigenvalue weighted by atomic mass is 10.2. The third-order valence-corrected chi connectivity index (χ3v) is 4.98. The summed E-state index contributed by atoms with van der Waals surface area (Å²) >= 11 is 0. The zero-order valence-electron chi connectivity index (χ0n) is 11.4. The Morgan fingerprint density at radius 3 is 2.90 bits per heavy atom. The van der Waals surface area contributed by atoms with Crippen molar-refractivity contribution in [2.75, 3.05) is 24.4 Å². The molecular weight excluding hydrogens is 283 g/mol. The molecule has 7 heteroatoms. The molecule has 0 saturated carbocycles. The molecule has 5 nitrogen and oxygen atoms in total. The van der Waals surface area contributed by atoms with Gasteiger partial charge in [0.25, 0.3) is 0 Å². The molecule has 0 aromatic heterocycles. The average Bonchev–Trinajstić information content (AvgIpc) is 2.43. The van der Waals surface area contributed by atoms with Crippen molar-refractivity contribution < 1.29 is 17.5 Å². The molecule has 1 aromatic rings. The van der Waals surface area contributed by atoms with Crippen LogP contribution in [-0.4, -0.2) is 33.4 Å². The summed E-state index contributed by atoms with van der Waals surface area (Å²) in [6.45, 7) is 3.38. The molecule has 1 atom stereocenters. The van der Waals surface area contributed by atoms with Gasteiger partial charge in [-0.25, -0.2) is 12.8 Å². The monoisotopic (exact) mass is 302 g/mol. The average molecular weight is 302 g/mol. The van der Waals surface area contributed by atoms with Gasteiger partial charge >= 0.3 is 0 Å². The fraction of sp³-hybridized carbons (Fsp3) is 0.538. The molecule has 1 saturated heterocycles. The quantitative estimate of drug-likeness (QED) is 0.869. The van der Waals surface area contributed by atoms with E-state index in [4.69, 9.17) is 4.74 Å². The van der Waals surface area contributed by atoms with Gasteiger partial charge < -0.3 is 10.1 Å². The molecule has 2 N–H and O–H groups in total. The topological polar surface area (TPSA) is 67.4 Å². The predicted molar refractivity (Wildman–Crippen MR) is 76.0 cm³/mol. The molecule has 1 aliphatic heterocycles. The van der Waals surface area contributed by atoms with E-state index in [9.17, 15) is 12.8 Å². The van der Waals surface area contributed by atoms with E-state index in [1.54, 1.807) is 6.92 Å². The lowest BCUT2D eigenvalue weighted by Gasteiger charge is -2.23. The van der Waals surface area contributed by atoms with Crippen molar-refractivity contribution in [3.63, 3.8) is 0 Å². The van der Waals surface area contributed by atoms with Crippen LogP contribution in [0.5, 0.6) is 5.75 Å². The van der Waals surface area contributed by atoms with Crippen molar-refractivity contribution in [2.45, 2.75) is 25.0 Å². The Hall–Kier alpha value is -1.34. The summed E-state index contributed by atoms with van der Waals surface area (Å²) in [6.07, 6.45) is 1.44. The Bertz CT molecular complexity index is 557. The Balaban J connectivity index is 2.10. The minimum Gasteiger partial charge on any atom is -0.491 e. The molecule has 112 valence electrons. The molecule has 0 spiro atoms. The highest BCUT2D eigenvalue weighted by molar-refractivity contribution is 7.93. The predicted octanol–water partition coefficient (Wildman–Crippen LogP) is 1.72. The van der Waals surface area contributed by atoms with Crippen LogP contribution in [0.25, 0.3) is 0 Å². The summed E-state index contributed by atoms with van der Waals surface area (Å²) in [5.41, 5.74) is 0.219. The van der Waals surface area contributed by atoms with Crippen molar-refractivity contribution in [3.05, 3.63) is 24.0 Å². The molecule has 0 amide bonds. The van der Waals surface area contributed by atoms with E-state index >= 15 is 0 Å². The second kappa shape index (κ2) is 6.41. The minimum atomic E-state index is -3.50. The second-order valence-corrected chi connectivity index (χ2v) is 6.65. The Labute approximate surface area is 118 Å². The van der Waals surface area contributed by atoms with Crippen molar-refractivity contribution in [3.8, 4) is 5.75 Å². The number of ether oxygens (including phenoxy) is 1. The maximum absolute atomic E-state index is 13.7. The van der Waals surface area contributed by atoms with E-state index in [0.717, 1.165) is 19.0 Å². The lowest BCUT2D eigenvalue weighted by molar-refractivity contribution is 0.321. The van der Waals surface area contributed by atoms with E-state index in [-0.39, 0.29) is 11.4 Å². The number of sulfonamides is 1. The van der Waals surface area contributed by atoms with Gasteiger partial charge in [-0.3, -0.25) is 4.72 Å². The molecule has 1 heterocycles. The van der Waals surface area contributed by atoms with Gasteiger partial charge in [0.1, 0.15) is 0 Å². The third-order valence-electron chi connectivity index (χ3n) is 3.18. The van der Waals surface area contributed by atoms with E-state index in [2.05, 4.69) is 10.0 Å². The highest BCUT2D eigenvalue weighted by Gasteiger charge is 2.27. The van der Waals surface area contributed by atoms with Crippen LogP contribution in [0.1, 0.15) is 19.8 Å². The van der Waals surface area contributed by atoms with Crippen LogP contribution in [0.2, 0.25) is 0 Å². The number of piperidine rings is 1. The summed E-state index contributed by atoms with van der Waals surface area (Å²) in [5.74, 6) is -0.455. The van der Waals surface area contributed by atoms with Gasteiger partial charge in [-0.05, 0) is 38.4 Å². The summed E-state index contributed by atoms with van der Waals surface area (Å²) in [6, 6.07) is 4.07. The number of halogens is 1. The third kappa shape index (κ3) is 3.61. The first-order chi connectivity index (χ1) is 9.53. The molecule has 0 bridgehead atoms. The molecular formula is C13H19FN2O3S. The molecule has 0 aliphatic carbocycles. The largest absolute Gasteiger partial charge is 0.491 e. The van der Waals surface area contributed by atoms with E-state index in [1.807, 2.05) is 0 Å². The standard InChI is InChI=1S/C13H19FN2O3S/c1-2-19-13-6-5-10(8-12(13)14)16-20(17,18)11-4-3-7-15-9-11/h5-6,8,11,15-16H,2-4,7,9H2,1H3. The van der Waals surface area contributed by atoms with Gasteiger partial charge in [0, 0.05) is 12.6 Å². The normalized spacial score (nSPS) is 19.6. The van der Waals surface area contributed by atoms with E-state index < -0.39 is 21.1 Å². The molecule has 20 heavy (non-hydrogen) atoms. The number of hydrogen-bond acceptors (Lipinski definition) is 4. The van der Waals surface area contributed by atoms with Gasteiger partial charge in [0.15, 0.2) is 11.6 Å². The smallest absolute Gasteiger partial charge is 0.236 e. The molecule has 1 unspecified atom stereocenters. The Kier molecular flexibility index (Phi) is 4.82. The highest BCUT2D eigenvalue weighted by Crippen LogP contribution is 2.23. The van der Waals surface area contributed by atoms with Crippen LogP contribution in [-0.2, 0) is 10.0 Å². The zero-order chi connectivity index (χ0) is 14.6. The van der Waals surface area contributed by atoms with Gasteiger partial charge in [-0.1, -0.05) is 0 Å². The fourth-order valence-electron chi connectivity index (χ4n) is 2.17. The molecule has 1 fully saturated rings. The van der Waals surface area contributed by atoms with Crippen LogP contribution in [0.4, 0.5) is 10.1 Å². The van der Waals surface area contributed by atoms with Gasteiger partial charge in [-0.15, -0.1) is 0 Å². The Morgan fingerprint density at radius 1 is 1.50 bits per heavy atom. The number of nitrogens with one attached hydrogen (secondary N) is 2. The maximum Gasteiger partial charge on any atom is 0.236 e. The summed E-state index contributed by atoms with van der Waals surface area (Å²) in [4.78, 5) is 0. The molecule has 1 aliphatic rings. The number of hydrogen-bond donors (Lipinski definition) is 2. The van der Waals surface area contributed by atoms with Crippen LogP contribution in [0, 0.1) is 5.82 Å². The maximum atomic E-state index is 13.7. The van der Waals surface area contributed by atoms with E-state index in [1.165, 1.54) is 12.1 Å². The first-order valence-corrected chi connectivity index (χ1v) is 8.22. The SMILES string of the molecule is CCOc1ccc(NS(=O)(=O)C2CCCNC2)cc1F. The lowest BCUT2D eigenvalue weighted by Crippen LogP contribution is -2.41. The van der Waals surface area contributed by atoms with Gasteiger partial charge in [0.2, 0.25) is 10.0 Å². The van der Waals surface area contributed by atoms with Crippen molar-refractivity contribution in [2.24, 2.45) is 0 Å². The van der Waals surface area contributed by atoms with Gasteiger partial charge in [-0.2, -0.15) is 0 Å². The van der Waals surface area contributed by atoms with Crippen molar-refractivity contribution in [1.29, 1.82) is 0 Å². The van der Waals surface area contributed by atoms with Crippen LogP contribution >= 0.6 is 0 Å². The molecule has 2 rings (SSSR count). The summed E-state index contributed by atoms with van der Waals surface area (Å²) < 4.78 is 45.5. The van der Waals surface area contributed by atoms with Crippen LogP contribution in [0.3, 0.4) is 0 Å². The number of benzene rings is 1. The molecule has 0 radical (unpaired) electrons. The van der Waals surface area contributed by atoms with Crippen LogP contribution in [0.15, 0.2) is 18.2 Å². The zero-order valence-corrected chi connectivity index (χ0v) is 12.2. The second-order valence-electron chi connectivity index (χ2n) is 4.69. The van der Waals surface area contributed by atoms with Gasteiger partial charge in [0.05, 0.1) is 17.5 Å². The van der Waals surface area contributed by atoms with E-state index in [0.29, 0.717) is 19.6 Å².